The number of rotatable bonds is 9. The van der Waals surface area contributed by atoms with Crippen molar-refractivity contribution >= 4 is 29.6 Å². The minimum Gasteiger partial charge on any atom is -0.305 e. The first kappa shape index (κ1) is 24.8. The van der Waals surface area contributed by atoms with E-state index in [4.69, 9.17) is 9.05 Å². The van der Waals surface area contributed by atoms with Gasteiger partial charge in [0.2, 0.25) is 0 Å². The maximum absolute atomic E-state index is 14.1. The number of aromatic nitrogens is 1. The van der Waals surface area contributed by atoms with Gasteiger partial charge in [0.1, 0.15) is 5.30 Å². The fourth-order valence-corrected chi connectivity index (χ4v) is 6.07. The van der Waals surface area contributed by atoms with Gasteiger partial charge in [-0.1, -0.05) is 72.3 Å². The van der Waals surface area contributed by atoms with Gasteiger partial charge in [-0.25, -0.2) is 0 Å². The van der Waals surface area contributed by atoms with E-state index in [1.54, 1.807) is 42.7 Å². The average molecular weight is 490 g/mol. The molecule has 0 atom stereocenters. The van der Waals surface area contributed by atoms with Gasteiger partial charge in [-0.2, -0.15) is 0 Å². The van der Waals surface area contributed by atoms with E-state index in [0.717, 1.165) is 11.1 Å². The molecular weight excluding hydrogens is 461 g/mol. The Kier molecular flexibility index (Phi) is 7.46. The van der Waals surface area contributed by atoms with Gasteiger partial charge in [-0.05, 0) is 38.5 Å². The Morgan fingerprint density at radius 3 is 2.09 bits per heavy atom. The van der Waals surface area contributed by atoms with E-state index in [0.29, 0.717) is 16.5 Å². The molecular formula is C28H28NO5P. The van der Waals surface area contributed by atoms with E-state index < -0.39 is 18.9 Å². The van der Waals surface area contributed by atoms with Crippen molar-refractivity contribution in [2.24, 2.45) is 0 Å². The first-order valence-electron chi connectivity index (χ1n) is 11.6. The number of ketones is 1. The molecule has 0 aliphatic carbocycles. The van der Waals surface area contributed by atoms with Gasteiger partial charge >= 0.3 is 7.60 Å². The molecule has 7 heteroatoms. The van der Waals surface area contributed by atoms with Crippen LogP contribution in [-0.4, -0.2) is 23.6 Å². The number of aryl methyl sites for hydroxylation is 1. The Morgan fingerprint density at radius 2 is 1.49 bits per heavy atom. The zero-order valence-electron chi connectivity index (χ0n) is 20.1. The number of nitrogens with zero attached hydrogens (tertiary/aromatic N) is 1. The molecule has 1 heterocycles. The molecule has 0 bridgehead atoms. The molecule has 6 nitrogen and oxygen atoms in total. The van der Waals surface area contributed by atoms with Crippen LogP contribution in [0.15, 0.2) is 83.7 Å². The second-order valence-electron chi connectivity index (χ2n) is 8.15. The highest BCUT2D eigenvalue weighted by atomic mass is 31.2. The average Bonchev–Trinajstić information content (AvgIpc) is 2.86. The quantitative estimate of drug-likeness (QED) is 0.230. The summed E-state index contributed by atoms with van der Waals surface area (Å²) in [6.45, 7) is 5.62. The molecule has 4 aromatic rings. The normalized spacial score (nSPS) is 11.6. The van der Waals surface area contributed by atoms with Crippen LogP contribution in [0, 0.1) is 6.92 Å². The third kappa shape index (κ3) is 4.92. The molecule has 0 radical (unpaired) electrons. The fourth-order valence-electron chi connectivity index (χ4n) is 4.20. The van der Waals surface area contributed by atoms with Crippen molar-refractivity contribution in [1.82, 2.24) is 4.57 Å². The molecule has 35 heavy (non-hydrogen) atoms. The zero-order valence-corrected chi connectivity index (χ0v) is 21.0. The minimum atomic E-state index is -4.13. The summed E-state index contributed by atoms with van der Waals surface area (Å²) in [5, 5.41) is 0.313. The molecule has 4 rings (SSSR count). The van der Waals surface area contributed by atoms with Gasteiger partial charge in [0.15, 0.2) is 5.78 Å². The van der Waals surface area contributed by atoms with Crippen LogP contribution in [0.2, 0.25) is 0 Å². The monoisotopic (exact) mass is 489 g/mol. The van der Waals surface area contributed by atoms with E-state index in [2.05, 4.69) is 0 Å². The van der Waals surface area contributed by atoms with E-state index in [9.17, 15) is 14.2 Å². The highest BCUT2D eigenvalue weighted by Gasteiger charge is 2.38. The van der Waals surface area contributed by atoms with Crippen molar-refractivity contribution in [2.45, 2.75) is 27.3 Å². The van der Waals surface area contributed by atoms with Crippen LogP contribution >= 0.6 is 7.60 Å². The highest BCUT2D eigenvalue weighted by Crippen LogP contribution is 2.47. The lowest BCUT2D eigenvalue weighted by molar-refractivity contribution is 0.104. The van der Waals surface area contributed by atoms with Crippen molar-refractivity contribution < 1.29 is 18.4 Å². The number of benzene rings is 3. The lowest BCUT2D eigenvalue weighted by Crippen LogP contribution is -2.40. The van der Waals surface area contributed by atoms with Crippen molar-refractivity contribution in [3.05, 3.63) is 111 Å². The van der Waals surface area contributed by atoms with Crippen molar-refractivity contribution in [2.75, 3.05) is 13.2 Å². The summed E-state index contributed by atoms with van der Waals surface area (Å²) in [6, 6.07) is 23.8. The molecule has 180 valence electrons. The third-order valence-electron chi connectivity index (χ3n) is 5.72. The molecule has 1 aromatic heterocycles. The molecule has 3 aromatic carbocycles. The maximum atomic E-state index is 14.1. The van der Waals surface area contributed by atoms with E-state index in [1.165, 1.54) is 0 Å². The first-order valence-corrected chi connectivity index (χ1v) is 13.1. The van der Waals surface area contributed by atoms with E-state index >= 15 is 0 Å². The summed E-state index contributed by atoms with van der Waals surface area (Å²) in [6.07, 6.45) is 0. The van der Waals surface area contributed by atoms with Crippen LogP contribution in [-0.2, 0) is 20.2 Å². The molecule has 0 aliphatic heterocycles. The minimum absolute atomic E-state index is 0.0558. The lowest BCUT2D eigenvalue weighted by atomic mass is 9.98. The van der Waals surface area contributed by atoms with Crippen molar-refractivity contribution in [3.8, 4) is 0 Å². The van der Waals surface area contributed by atoms with Crippen LogP contribution in [0.1, 0.15) is 40.9 Å². The van der Waals surface area contributed by atoms with Crippen LogP contribution in [0.4, 0.5) is 0 Å². The second-order valence-corrected chi connectivity index (χ2v) is 10.1. The number of carbonyl (C=O) groups excluding carboxylic acids is 1. The number of hydrogen-bond donors (Lipinski definition) is 0. The predicted octanol–water partition coefficient (Wildman–Crippen LogP) is 5.48. The van der Waals surface area contributed by atoms with E-state index in [1.807, 2.05) is 61.5 Å². The Hall–Kier alpha value is -3.31. The summed E-state index contributed by atoms with van der Waals surface area (Å²) in [7, 11) is -4.13. The predicted molar refractivity (Wildman–Crippen MR) is 139 cm³/mol. The smallest absolute Gasteiger partial charge is 0.305 e. The summed E-state index contributed by atoms with van der Waals surface area (Å²) in [5.74, 6) is -0.403. The Labute approximate surface area is 204 Å². The first-order chi connectivity index (χ1) is 16.9. The molecule has 0 saturated heterocycles. The molecule has 0 N–H and O–H groups in total. The molecule has 0 saturated carbocycles. The molecule has 0 aliphatic rings. The Morgan fingerprint density at radius 1 is 0.886 bits per heavy atom. The number of hydrogen-bond acceptors (Lipinski definition) is 5. The third-order valence-corrected chi connectivity index (χ3v) is 7.87. The lowest BCUT2D eigenvalue weighted by Gasteiger charge is -2.23. The zero-order chi connectivity index (χ0) is 25.0. The van der Waals surface area contributed by atoms with Crippen LogP contribution in [0.3, 0.4) is 0 Å². The van der Waals surface area contributed by atoms with Crippen molar-refractivity contribution in [3.63, 3.8) is 0 Å². The van der Waals surface area contributed by atoms with Crippen LogP contribution in [0.25, 0.3) is 10.9 Å². The molecule has 0 spiro atoms. The standard InChI is InChI=1S/C28H28NO5P/c1-4-33-35(32,34-5-2)27-25(26(30)22-14-10-7-11-15-22)23-18-20(3)16-17-24(23)29(28(27)31)19-21-12-8-6-9-13-21/h6-18H,4-5,19H2,1-3H3. The molecule has 0 amide bonds. The van der Waals surface area contributed by atoms with E-state index in [-0.39, 0.29) is 30.6 Å². The van der Waals surface area contributed by atoms with Crippen LogP contribution < -0.4 is 10.9 Å². The highest BCUT2D eigenvalue weighted by molar-refractivity contribution is 7.62. The Balaban J connectivity index is 2.14. The molecule has 0 fully saturated rings. The number of pyridine rings is 1. The van der Waals surface area contributed by atoms with Gasteiger partial charge in [0.25, 0.3) is 5.56 Å². The number of fused-ring (bicyclic) bond motifs is 1. The van der Waals surface area contributed by atoms with Gasteiger partial charge < -0.3 is 13.6 Å². The van der Waals surface area contributed by atoms with Crippen molar-refractivity contribution in [1.29, 1.82) is 0 Å². The van der Waals surface area contributed by atoms with Gasteiger partial charge in [-0.15, -0.1) is 0 Å². The summed E-state index contributed by atoms with van der Waals surface area (Å²) in [4.78, 5) is 28.0. The van der Waals surface area contributed by atoms with Gasteiger partial charge in [0.05, 0.1) is 30.8 Å². The summed E-state index contributed by atoms with van der Waals surface area (Å²) in [5.41, 5.74) is 2.26. The van der Waals surface area contributed by atoms with Gasteiger partial charge in [-0.3, -0.25) is 14.2 Å². The van der Waals surface area contributed by atoms with Gasteiger partial charge in [0, 0.05) is 10.9 Å². The SMILES string of the molecule is CCOP(=O)(OCC)c1c(C(=O)c2ccccc2)c2cc(C)ccc2n(Cc2ccccc2)c1=O. The summed E-state index contributed by atoms with van der Waals surface area (Å²) < 4.78 is 26.9. The second kappa shape index (κ2) is 10.5. The Bertz CT molecular complexity index is 1450. The fraction of sp³-hybridized carbons (Fsp3) is 0.214. The summed E-state index contributed by atoms with van der Waals surface area (Å²) >= 11 is 0. The maximum Gasteiger partial charge on any atom is 0.367 e. The largest absolute Gasteiger partial charge is 0.367 e. The molecule has 0 unspecified atom stereocenters. The number of carbonyl (C=O) groups is 1. The van der Waals surface area contributed by atoms with Crippen LogP contribution in [0.5, 0.6) is 0 Å². The topological polar surface area (TPSA) is 74.6 Å².